The molecule has 22 heavy (non-hydrogen) atoms. The van der Waals surface area contributed by atoms with Gasteiger partial charge < -0.3 is 14.4 Å². The van der Waals surface area contributed by atoms with E-state index in [1.54, 1.807) is 0 Å². The van der Waals surface area contributed by atoms with Crippen LogP contribution in [0.4, 0.5) is 0 Å². The Morgan fingerprint density at radius 1 is 1.45 bits per heavy atom. The van der Waals surface area contributed by atoms with Gasteiger partial charge in [0.15, 0.2) is 0 Å². The molecule has 0 unspecified atom stereocenters. The largest absolute Gasteiger partial charge is 0.381 e. The number of carbonyl (C=O) groups is 1. The fourth-order valence-electron chi connectivity index (χ4n) is 4.24. The van der Waals surface area contributed by atoms with Crippen molar-refractivity contribution in [1.82, 2.24) is 4.90 Å². The van der Waals surface area contributed by atoms with E-state index in [9.17, 15) is 4.79 Å². The number of allylic oxidation sites excluding steroid dienone is 2. The Balaban J connectivity index is 1.64. The highest BCUT2D eigenvalue weighted by atomic mass is 16.5. The van der Waals surface area contributed by atoms with E-state index in [1.807, 2.05) is 6.92 Å². The van der Waals surface area contributed by atoms with Crippen molar-refractivity contribution in [3.05, 3.63) is 12.2 Å². The minimum Gasteiger partial charge on any atom is -0.381 e. The van der Waals surface area contributed by atoms with Crippen LogP contribution in [0.15, 0.2) is 12.2 Å². The molecule has 2 aliphatic heterocycles. The quantitative estimate of drug-likeness (QED) is 0.733. The molecule has 124 valence electrons. The number of ether oxygens (including phenoxy) is 2. The van der Waals surface area contributed by atoms with Crippen LogP contribution in [0.2, 0.25) is 0 Å². The van der Waals surface area contributed by atoms with E-state index in [0.29, 0.717) is 18.2 Å². The molecule has 2 fully saturated rings. The number of hydrogen-bond acceptors (Lipinski definition) is 3. The van der Waals surface area contributed by atoms with Crippen molar-refractivity contribution in [2.75, 3.05) is 32.9 Å². The fourth-order valence-corrected chi connectivity index (χ4v) is 4.24. The van der Waals surface area contributed by atoms with E-state index in [2.05, 4.69) is 17.1 Å². The van der Waals surface area contributed by atoms with E-state index < -0.39 is 0 Å². The fraction of sp³-hybridized carbons (Fsp3) is 0.833. The molecule has 3 aliphatic rings. The zero-order valence-corrected chi connectivity index (χ0v) is 13.8. The SMILES string of the molecule is CCOC[C@]12CCCO[C@@H]1CCN(C(=O)C[C@@H]1C=CCC1)C2. The van der Waals surface area contributed by atoms with Gasteiger partial charge in [-0.2, -0.15) is 0 Å². The molecule has 0 aromatic rings. The summed E-state index contributed by atoms with van der Waals surface area (Å²) in [7, 11) is 0. The van der Waals surface area contributed by atoms with Crippen LogP contribution in [-0.4, -0.2) is 49.8 Å². The van der Waals surface area contributed by atoms with E-state index in [-0.39, 0.29) is 11.5 Å². The lowest BCUT2D eigenvalue weighted by Crippen LogP contribution is -2.58. The second kappa shape index (κ2) is 7.14. The first-order valence-corrected chi connectivity index (χ1v) is 8.87. The zero-order chi connectivity index (χ0) is 15.4. The van der Waals surface area contributed by atoms with Crippen molar-refractivity contribution in [3.8, 4) is 0 Å². The number of piperidine rings is 1. The number of hydrogen-bond donors (Lipinski definition) is 0. The lowest BCUT2D eigenvalue weighted by atomic mass is 9.73. The van der Waals surface area contributed by atoms with Crippen LogP contribution in [0, 0.1) is 11.3 Å². The molecule has 3 rings (SSSR count). The van der Waals surface area contributed by atoms with Crippen LogP contribution < -0.4 is 0 Å². The molecule has 0 N–H and O–H groups in total. The highest BCUT2D eigenvalue weighted by molar-refractivity contribution is 5.77. The topological polar surface area (TPSA) is 38.8 Å². The van der Waals surface area contributed by atoms with Gasteiger partial charge in [0.2, 0.25) is 5.91 Å². The molecule has 0 aromatic heterocycles. The van der Waals surface area contributed by atoms with Crippen molar-refractivity contribution < 1.29 is 14.3 Å². The van der Waals surface area contributed by atoms with Crippen molar-refractivity contribution in [2.24, 2.45) is 11.3 Å². The molecule has 1 amide bonds. The molecule has 1 aliphatic carbocycles. The van der Waals surface area contributed by atoms with E-state index in [1.165, 1.54) is 0 Å². The highest BCUT2D eigenvalue weighted by Gasteiger charge is 2.47. The van der Waals surface area contributed by atoms with Gasteiger partial charge in [-0.25, -0.2) is 0 Å². The second-order valence-electron chi connectivity index (χ2n) is 7.04. The molecule has 0 aromatic carbocycles. The number of amides is 1. The number of likely N-dealkylation sites (tertiary alicyclic amines) is 1. The van der Waals surface area contributed by atoms with Gasteiger partial charge >= 0.3 is 0 Å². The standard InChI is InChI=1S/C18H29NO3/c1-2-21-14-18-9-5-11-22-16(18)8-10-19(13-18)17(20)12-15-6-3-4-7-15/h3,6,15-16H,2,4-5,7-14H2,1H3/t15-,16-,18-/m1/s1. The van der Waals surface area contributed by atoms with E-state index in [4.69, 9.17) is 9.47 Å². The van der Waals surface area contributed by atoms with Crippen molar-refractivity contribution in [2.45, 2.75) is 51.6 Å². The smallest absolute Gasteiger partial charge is 0.223 e. The number of nitrogens with zero attached hydrogens (tertiary/aromatic N) is 1. The summed E-state index contributed by atoms with van der Waals surface area (Å²) in [5.74, 6) is 0.770. The molecule has 2 heterocycles. The Bertz CT molecular complexity index is 423. The molecule has 0 radical (unpaired) electrons. The summed E-state index contributed by atoms with van der Waals surface area (Å²) >= 11 is 0. The molecule has 0 bridgehead atoms. The summed E-state index contributed by atoms with van der Waals surface area (Å²) in [5, 5.41) is 0. The molecule has 4 nitrogen and oxygen atoms in total. The van der Waals surface area contributed by atoms with Gasteiger partial charge in [0.25, 0.3) is 0 Å². The van der Waals surface area contributed by atoms with Crippen molar-refractivity contribution >= 4 is 5.91 Å². The maximum atomic E-state index is 12.7. The Labute approximate surface area is 133 Å². The highest BCUT2D eigenvalue weighted by Crippen LogP contribution is 2.40. The van der Waals surface area contributed by atoms with Crippen LogP contribution in [0.3, 0.4) is 0 Å². The first-order valence-electron chi connectivity index (χ1n) is 8.87. The predicted octanol–water partition coefficient (Wildman–Crippen LogP) is 2.78. The average molecular weight is 307 g/mol. The summed E-state index contributed by atoms with van der Waals surface area (Å²) in [6.07, 6.45) is 10.8. The van der Waals surface area contributed by atoms with Crippen LogP contribution in [0.1, 0.15) is 45.4 Å². The van der Waals surface area contributed by atoms with Crippen molar-refractivity contribution in [1.29, 1.82) is 0 Å². The second-order valence-corrected chi connectivity index (χ2v) is 7.04. The average Bonchev–Trinajstić information content (AvgIpc) is 3.05. The summed E-state index contributed by atoms with van der Waals surface area (Å²) in [5.41, 5.74) is 0.0215. The summed E-state index contributed by atoms with van der Waals surface area (Å²) in [6, 6.07) is 0. The van der Waals surface area contributed by atoms with Crippen LogP contribution in [0.25, 0.3) is 0 Å². The lowest BCUT2D eigenvalue weighted by Gasteiger charge is -2.50. The molecule has 0 spiro atoms. The van der Waals surface area contributed by atoms with Crippen LogP contribution >= 0.6 is 0 Å². The van der Waals surface area contributed by atoms with Gasteiger partial charge in [0, 0.05) is 38.1 Å². The first kappa shape index (κ1) is 16.0. The predicted molar refractivity (Wildman–Crippen MR) is 85.6 cm³/mol. The number of rotatable bonds is 5. The molecular formula is C18H29NO3. The Hall–Kier alpha value is -0.870. The molecular weight excluding hydrogens is 278 g/mol. The summed E-state index contributed by atoms with van der Waals surface area (Å²) in [4.78, 5) is 14.7. The molecule has 2 saturated heterocycles. The third kappa shape index (κ3) is 3.38. The molecule has 3 atom stereocenters. The Morgan fingerprint density at radius 2 is 2.36 bits per heavy atom. The third-order valence-electron chi connectivity index (χ3n) is 5.48. The van der Waals surface area contributed by atoms with Gasteiger partial charge in [0.05, 0.1) is 12.7 Å². The minimum atomic E-state index is 0.0215. The van der Waals surface area contributed by atoms with Gasteiger partial charge in [-0.05, 0) is 44.9 Å². The van der Waals surface area contributed by atoms with Gasteiger partial charge in [-0.3, -0.25) is 4.79 Å². The maximum absolute atomic E-state index is 12.7. The third-order valence-corrected chi connectivity index (χ3v) is 5.48. The van der Waals surface area contributed by atoms with E-state index >= 15 is 0 Å². The van der Waals surface area contributed by atoms with Crippen molar-refractivity contribution in [3.63, 3.8) is 0 Å². The van der Waals surface area contributed by atoms with E-state index in [0.717, 1.165) is 65.0 Å². The summed E-state index contributed by atoms with van der Waals surface area (Å²) in [6.45, 7) is 6.00. The number of carbonyl (C=O) groups excluding carboxylic acids is 1. The zero-order valence-electron chi connectivity index (χ0n) is 13.8. The minimum absolute atomic E-state index is 0.0215. The Kier molecular flexibility index (Phi) is 5.19. The summed E-state index contributed by atoms with van der Waals surface area (Å²) < 4.78 is 11.8. The van der Waals surface area contributed by atoms with Gasteiger partial charge in [-0.1, -0.05) is 12.2 Å². The maximum Gasteiger partial charge on any atom is 0.223 e. The van der Waals surface area contributed by atoms with Crippen LogP contribution in [-0.2, 0) is 14.3 Å². The number of fused-ring (bicyclic) bond motifs is 1. The lowest BCUT2D eigenvalue weighted by molar-refractivity contribution is -0.164. The monoisotopic (exact) mass is 307 g/mol. The molecule has 0 saturated carbocycles. The first-order chi connectivity index (χ1) is 10.7. The molecule has 4 heteroatoms. The normalized spacial score (nSPS) is 34.7. The van der Waals surface area contributed by atoms with Gasteiger partial charge in [-0.15, -0.1) is 0 Å². The van der Waals surface area contributed by atoms with Crippen LogP contribution in [0.5, 0.6) is 0 Å². The Morgan fingerprint density at radius 3 is 3.14 bits per heavy atom. The van der Waals surface area contributed by atoms with Gasteiger partial charge in [0.1, 0.15) is 0 Å².